The topological polar surface area (TPSA) is 20.2 Å². The minimum atomic E-state index is -0.287. The molecule has 2 heteroatoms. The molecule has 0 amide bonds. The monoisotopic (exact) mass is 246 g/mol. The van der Waals surface area contributed by atoms with E-state index in [-0.39, 0.29) is 6.10 Å². The highest BCUT2D eigenvalue weighted by Crippen LogP contribution is 2.16. The van der Waals surface area contributed by atoms with Crippen LogP contribution in [0.4, 0.5) is 0 Å². The number of hydrogen-bond acceptors (Lipinski definition) is 2. The highest BCUT2D eigenvalue weighted by molar-refractivity contribution is 7.07. The normalized spacial score (nSPS) is 12.6. The maximum atomic E-state index is 10.1. The fourth-order valence-electron chi connectivity index (χ4n) is 2.03. The Kier molecular flexibility index (Phi) is 3.97. The molecule has 0 saturated heterocycles. The lowest BCUT2D eigenvalue weighted by molar-refractivity contribution is 0.175. The fraction of sp³-hybridized carbons (Fsp3) is 0.333. The molecule has 0 radical (unpaired) electrons. The van der Waals surface area contributed by atoms with E-state index in [2.05, 4.69) is 48.9 Å². The average molecular weight is 246 g/mol. The van der Waals surface area contributed by atoms with Crippen molar-refractivity contribution in [3.63, 3.8) is 0 Å². The largest absolute Gasteiger partial charge is 0.392 e. The Morgan fingerprint density at radius 2 is 2.00 bits per heavy atom. The third kappa shape index (κ3) is 3.42. The maximum Gasteiger partial charge on any atom is 0.0621 e. The first kappa shape index (κ1) is 12.3. The van der Waals surface area contributed by atoms with Crippen LogP contribution in [0.5, 0.6) is 0 Å². The second-order valence-electron chi connectivity index (χ2n) is 4.62. The molecule has 0 aliphatic heterocycles. The van der Waals surface area contributed by atoms with Crippen molar-refractivity contribution in [1.82, 2.24) is 0 Å². The molecule has 1 heterocycles. The van der Waals surface area contributed by atoms with Gasteiger partial charge in [0.2, 0.25) is 0 Å². The molecule has 0 spiro atoms. The summed E-state index contributed by atoms with van der Waals surface area (Å²) < 4.78 is 0. The third-order valence-corrected chi connectivity index (χ3v) is 3.74. The van der Waals surface area contributed by atoms with Crippen molar-refractivity contribution in [2.24, 2.45) is 0 Å². The maximum absolute atomic E-state index is 10.1. The van der Waals surface area contributed by atoms with E-state index >= 15 is 0 Å². The Hall–Kier alpha value is -1.12. The van der Waals surface area contributed by atoms with Gasteiger partial charge in [-0.15, -0.1) is 0 Å². The zero-order chi connectivity index (χ0) is 12.3. The summed E-state index contributed by atoms with van der Waals surface area (Å²) in [5.74, 6) is 0. The molecule has 2 rings (SSSR count). The molecule has 0 bridgehead atoms. The first-order valence-corrected chi connectivity index (χ1v) is 6.84. The standard InChI is InChI=1S/C15H18OS/c1-11-3-4-12(2)14(7-11)9-15(16)8-13-5-6-17-10-13/h3-7,10,15-16H,8-9H2,1-2H3. The van der Waals surface area contributed by atoms with E-state index in [9.17, 15) is 5.11 Å². The van der Waals surface area contributed by atoms with Crippen molar-refractivity contribution in [3.05, 3.63) is 57.3 Å². The van der Waals surface area contributed by atoms with Gasteiger partial charge < -0.3 is 5.11 Å². The van der Waals surface area contributed by atoms with Crippen LogP contribution in [-0.4, -0.2) is 11.2 Å². The summed E-state index contributed by atoms with van der Waals surface area (Å²) in [5.41, 5.74) is 5.01. The highest BCUT2D eigenvalue weighted by atomic mass is 32.1. The lowest BCUT2D eigenvalue weighted by Gasteiger charge is -2.12. The summed E-state index contributed by atoms with van der Waals surface area (Å²) in [7, 11) is 0. The van der Waals surface area contributed by atoms with Gasteiger partial charge >= 0.3 is 0 Å². The van der Waals surface area contributed by atoms with E-state index in [1.54, 1.807) is 11.3 Å². The molecule has 90 valence electrons. The van der Waals surface area contributed by atoms with Crippen molar-refractivity contribution in [3.8, 4) is 0 Å². The second-order valence-corrected chi connectivity index (χ2v) is 5.40. The summed E-state index contributed by atoms with van der Waals surface area (Å²) in [6.45, 7) is 4.19. The van der Waals surface area contributed by atoms with Gasteiger partial charge in [0.15, 0.2) is 0 Å². The Morgan fingerprint density at radius 3 is 2.71 bits per heavy atom. The van der Waals surface area contributed by atoms with Crippen LogP contribution in [0.15, 0.2) is 35.0 Å². The summed E-state index contributed by atoms with van der Waals surface area (Å²) >= 11 is 1.68. The minimum absolute atomic E-state index is 0.287. The molecule has 1 atom stereocenters. The Morgan fingerprint density at radius 1 is 1.18 bits per heavy atom. The van der Waals surface area contributed by atoms with Gasteiger partial charge in [-0.25, -0.2) is 0 Å². The molecular weight excluding hydrogens is 228 g/mol. The molecule has 0 aliphatic rings. The van der Waals surface area contributed by atoms with Gasteiger partial charge in [-0.05, 0) is 60.2 Å². The Labute approximate surface area is 107 Å². The van der Waals surface area contributed by atoms with Gasteiger partial charge in [-0.3, -0.25) is 0 Å². The second kappa shape index (κ2) is 5.48. The van der Waals surface area contributed by atoms with Crippen LogP contribution >= 0.6 is 11.3 Å². The van der Waals surface area contributed by atoms with Gasteiger partial charge in [0.05, 0.1) is 6.10 Å². The Balaban J connectivity index is 2.02. The Bertz CT molecular complexity index is 474. The smallest absolute Gasteiger partial charge is 0.0621 e. The average Bonchev–Trinajstić information content (AvgIpc) is 2.76. The molecule has 0 saturated carbocycles. The summed E-state index contributed by atoms with van der Waals surface area (Å²) in [6, 6.07) is 8.50. The van der Waals surface area contributed by atoms with E-state index < -0.39 is 0 Å². The number of benzene rings is 1. The number of thiophene rings is 1. The third-order valence-electron chi connectivity index (χ3n) is 3.01. The van der Waals surface area contributed by atoms with Crippen LogP contribution in [0.3, 0.4) is 0 Å². The van der Waals surface area contributed by atoms with E-state index in [0.717, 1.165) is 12.8 Å². The first-order valence-electron chi connectivity index (χ1n) is 5.90. The molecule has 2 aromatic rings. The van der Waals surface area contributed by atoms with Crippen molar-refractivity contribution in [2.75, 3.05) is 0 Å². The molecule has 0 fully saturated rings. The molecular formula is C15H18OS. The SMILES string of the molecule is Cc1ccc(C)c(CC(O)Cc2ccsc2)c1. The molecule has 1 unspecified atom stereocenters. The van der Waals surface area contributed by atoms with Gasteiger partial charge in [0.25, 0.3) is 0 Å². The molecule has 1 N–H and O–H groups in total. The van der Waals surface area contributed by atoms with E-state index in [1.165, 1.54) is 22.3 Å². The lowest BCUT2D eigenvalue weighted by Crippen LogP contribution is -2.14. The number of aryl methyl sites for hydroxylation is 2. The number of hydrogen-bond donors (Lipinski definition) is 1. The van der Waals surface area contributed by atoms with E-state index in [1.807, 2.05) is 0 Å². The number of rotatable bonds is 4. The van der Waals surface area contributed by atoms with Gasteiger partial charge in [-0.1, -0.05) is 23.8 Å². The van der Waals surface area contributed by atoms with Gasteiger partial charge in [0.1, 0.15) is 0 Å². The van der Waals surface area contributed by atoms with Crippen LogP contribution in [0.25, 0.3) is 0 Å². The van der Waals surface area contributed by atoms with Crippen molar-refractivity contribution in [2.45, 2.75) is 32.8 Å². The summed E-state index contributed by atoms with van der Waals surface area (Å²) in [6.07, 6.45) is 1.20. The van der Waals surface area contributed by atoms with Crippen molar-refractivity contribution < 1.29 is 5.11 Å². The van der Waals surface area contributed by atoms with Crippen LogP contribution in [-0.2, 0) is 12.8 Å². The van der Waals surface area contributed by atoms with Crippen LogP contribution in [0, 0.1) is 13.8 Å². The van der Waals surface area contributed by atoms with Crippen LogP contribution < -0.4 is 0 Å². The molecule has 1 aromatic heterocycles. The quantitative estimate of drug-likeness (QED) is 0.875. The van der Waals surface area contributed by atoms with E-state index in [0.29, 0.717) is 0 Å². The number of aliphatic hydroxyl groups is 1. The molecule has 1 nitrogen and oxygen atoms in total. The highest BCUT2D eigenvalue weighted by Gasteiger charge is 2.09. The lowest BCUT2D eigenvalue weighted by atomic mass is 9.98. The van der Waals surface area contributed by atoms with Gasteiger partial charge in [0, 0.05) is 0 Å². The van der Waals surface area contributed by atoms with E-state index in [4.69, 9.17) is 0 Å². The van der Waals surface area contributed by atoms with Gasteiger partial charge in [-0.2, -0.15) is 11.3 Å². The zero-order valence-corrected chi connectivity index (χ0v) is 11.1. The molecule has 1 aromatic carbocycles. The summed E-state index contributed by atoms with van der Waals surface area (Å²) in [4.78, 5) is 0. The van der Waals surface area contributed by atoms with Crippen LogP contribution in [0.1, 0.15) is 22.3 Å². The fourth-order valence-corrected chi connectivity index (χ4v) is 2.71. The van der Waals surface area contributed by atoms with Crippen molar-refractivity contribution in [1.29, 1.82) is 0 Å². The summed E-state index contributed by atoms with van der Waals surface area (Å²) in [5, 5.41) is 14.3. The predicted octanol–water partition coefficient (Wildman–Crippen LogP) is 3.51. The molecule has 17 heavy (non-hydrogen) atoms. The first-order chi connectivity index (χ1) is 8.15. The van der Waals surface area contributed by atoms with Crippen LogP contribution in [0.2, 0.25) is 0 Å². The van der Waals surface area contributed by atoms with Crippen molar-refractivity contribution >= 4 is 11.3 Å². The minimum Gasteiger partial charge on any atom is -0.392 e. The zero-order valence-electron chi connectivity index (χ0n) is 10.3. The predicted molar refractivity (Wildman–Crippen MR) is 73.6 cm³/mol. The molecule has 0 aliphatic carbocycles. The number of aliphatic hydroxyl groups excluding tert-OH is 1.